The van der Waals surface area contributed by atoms with Crippen molar-refractivity contribution in [3.8, 4) is 0 Å². The summed E-state index contributed by atoms with van der Waals surface area (Å²) < 4.78 is 6.92. The Morgan fingerprint density at radius 2 is 1.92 bits per heavy atom. The quantitative estimate of drug-likeness (QED) is 0.733. The van der Waals surface area contributed by atoms with Crippen LogP contribution < -0.4 is 11.1 Å². The largest absolute Gasteiger partial charge is 0.383 e. The zero-order valence-electron chi connectivity index (χ0n) is 15.1. The third-order valence-electron chi connectivity index (χ3n) is 3.82. The number of amides is 1. The number of rotatable bonds is 4. The maximum Gasteiger partial charge on any atom is 0.260 e. The van der Waals surface area contributed by atoms with Gasteiger partial charge in [-0.1, -0.05) is 0 Å². The van der Waals surface area contributed by atoms with Crippen molar-refractivity contribution < 1.29 is 9.53 Å². The average Bonchev–Trinajstić information content (AvgIpc) is 2.98. The zero-order valence-corrected chi connectivity index (χ0v) is 15.1. The molecule has 0 saturated heterocycles. The lowest BCUT2D eigenvalue weighted by Gasteiger charge is -2.21. The first kappa shape index (κ1) is 17.7. The average molecular weight is 355 g/mol. The van der Waals surface area contributed by atoms with Crippen LogP contribution in [0.4, 0.5) is 11.8 Å². The zero-order chi connectivity index (χ0) is 18.9. The Hall–Kier alpha value is -3.07. The number of nitrogen functional groups attached to an aromatic ring is 1. The number of nitrogens with zero attached hydrogens (tertiary/aromatic N) is 5. The number of nitrogens with two attached hydrogens (primary N) is 1. The Kier molecular flexibility index (Phi) is 4.56. The molecule has 0 aliphatic rings. The minimum Gasteiger partial charge on any atom is -0.383 e. The number of anilines is 2. The van der Waals surface area contributed by atoms with E-state index in [9.17, 15) is 4.79 Å². The molecule has 1 amide bonds. The fourth-order valence-corrected chi connectivity index (χ4v) is 2.60. The number of fused-ring (bicyclic) bond motifs is 1. The van der Waals surface area contributed by atoms with Gasteiger partial charge in [0.25, 0.3) is 5.91 Å². The molecule has 0 atom stereocenters. The lowest BCUT2D eigenvalue weighted by Crippen LogP contribution is -2.21. The van der Waals surface area contributed by atoms with Gasteiger partial charge in [-0.2, -0.15) is 0 Å². The number of methoxy groups -OCH3 is 1. The summed E-state index contributed by atoms with van der Waals surface area (Å²) in [5.74, 6) is 0.0698. The molecule has 3 aromatic heterocycles. The molecule has 9 heteroatoms. The third kappa shape index (κ3) is 3.33. The van der Waals surface area contributed by atoms with Crippen LogP contribution in [-0.4, -0.2) is 37.5 Å². The van der Waals surface area contributed by atoms with Crippen LogP contribution in [0.15, 0.2) is 24.9 Å². The van der Waals surface area contributed by atoms with Crippen LogP contribution in [0.3, 0.4) is 0 Å². The smallest absolute Gasteiger partial charge is 0.260 e. The van der Waals surface area contributed by atoms with E-state index in [2.05, 4.69) is 25.3 Å². The highest BCUT2D eigenvalue weighted by Gasteiger charge is 2.24. The number of carbonyl (C=O) groups is 1. The van der Waals surface area contributed by atoms with Crippen molar-refractivity contribution in [1.29, 1.82) is 0 Å². The van der Waals surface area contributed by atoms with E-state index >= 15 is 0 Å². The molecule has 136 valence electrons. The first-order valence-electron chi connectivity index (χ1n) is 8.04. The number of ether oxygens (including phenoxy) is 1. The number of carbonyl (C=O) groups excluding carboxylic acids is 1. The summed E-state index contributed by atoms with van der Waals surface area (Å²) >= 11 is 0. The van der Waals surface area contributed by atoms with Crippen molar-refractivity contribution in [3.05, 3.63) is 36.0 Å². The van der Waals surface area contributed by atoms with E-state index in [1.807, 2.05) is 25.3 Å². The molecule has 0 saturated carbocycles. The van der Waals surface area contributed by atoms with Gasteiger partial charge in [-0.25, -0.2) is 19.9 Å². The molecule has 0 bridgehead atoms. The summed E-state index contributed by atoms with van der Waals surface area (Å²) in [6.45, 7) is 6.46. The van der Waals surface area contributed by atoms with Crippen molar-refractivity contribution in [2.45, 2.75) is 32.9 Å². The number of nitrogens with one attached hydrogen (secondary N) is 1. The van der Waals surface area contributed by atoms with Crippen molar-refractivity contribution in [3.63, 3.8) is 0 Å². The third-order valence-corrected chi connectivity index (χ3v) is 3.82. The van der Waals surface area contributed by atoms with E-state index in [4.69, 9.17) is 10.5 Å². The summed E-state index contributed by atoms with van der Waals surface area (Å²) in [5, 5.41) is 3.20. The standard InChI is InChI=1S/C17H21N7O2/c1-17(2,3)24-7-11(12-13(18)21-9-22-14(12)24)15(25)23-16-19-5-10(6-20-16)8-26-4/h5-7,9H,8H2,1-4H3,(H2,18,21,22)(H,19,20,23,25). The molecule has 26 heavy (non-hydrogen) atoms. The van der Waals surface area contributed by atoms with E-state index in [0.29, 0.717) is 23.2 Å². The molecule has 0 fully saturated rings. The molecule has 3 N–H and O–H groups in total. The number of hydrogen-bond donors (Lipinski definition) is 2. The second-order valence-corrected chi connectivity index (χ2v) is 6.84. The predicted octanol–water partition coefficient (Wildman–Crippen LogP) is 1.96. The molecular weight excluding hydrogens is 334 g/mol. The monoisotopic (exact) mass is 355 g/mol. The highest BCUT2D eigenvalue weighted by Crippen LogP contribution is 2.29. The summed E-state index contributed by atoms with van der Waals surface area (Å²) in [4.78, 5) is 29.4. The topological polar surface area (TPSA) is 121 Å². The van der Waals surface area contributed by atoms with Gasteiger partial charge < -0.3 is 15.0 Å². The van der Waals surface area contributed by atoms with Crippen molar-refractivity contribution in [1.82, 2.24) is 24.5 Å². The number of hydrogen-bond acceptors (Lipinski definition) is 7. The van der Waals surface area contributed by atoms with Crippen molar-refractivity contribution >= 4 is 28.7 Å². The molecule has 3 rings (SSSR count). The maximum absolute atomic E-state index is 12.8. The van der Waals surface area contributed by atoms with E-state index in [0.717, 1.165) is 5.56 Å². The van der Waals surface area contributed by atoms with Gasteiger partial charge in [-0.15, -0.1) is 0 Å². The van der Waals surface area contributed by atoms with Gasteiger partial charge in [-0.3, -0.25) is 10.1 Å². The van der Waals surface area contributed by atoms with Crippen molar-refractivity contribution in [2.24, 2.45) is 0 Å². The Balaban J connectivity index is 1.98. The van der Waals surface area contributed by atoms with Crippen LogP contribution in [0, 0.1) is 0 Å². The van der Waals surface area contributed by atoms with Gasteiger partial charge in [0.2, 0.25) is 5.95 Å². The van der Waals surface area contributed by atoms with Gasteiger partial charge in [0.05, 0.1) is 17.6 Å². The Morgan fingerprint density at radius 3 is 2.54 bits per heavy atom. The van der Waals surface area contributed by atoms with Gasteiger partial charge >= 0.3 is 0 Å². The molecule has 0 aliphatic heterocycles. The Bertz CT molecular complexity index is 942. The summed E-state index contributed by atoms with van der Waals surface area (Å²) in [5.41, 5.74) is 7.52. The van der Waals surface area contributed by atoms with Crippen molar-refractivity contribution in [2.75, 3.05) is 18.2 Å². The van der Waals surface area contributed by atoms with Crippen LogP contribution in [0.25, 0.3) is 11.0 Å². The highest BCUT2D eigenvalue weighted by atomic mass is 16.5. The van der Waals surface area contributed by atoms with Gasteiger partial charge in [-0.05, 0) is 20.8 Å². The fraction of sp³-hybridized carbons (Fsp3) is 0.353. The number of aromatic nitrogens is 5. The molecule has 3 aromatic rings. The fourth-order valence-electron chi connectivity index (χ4n) is 2.60. The molecule has 0 aromatic carbocycles. The minimum atomic E-state index is -0.376. The van der Waals surface area contributed by atoms with E-state index in [-0.39, 0.29) is 23.2 Å². The molecule has 3 heterocycles. The summed E-state index contributed by atoms with van der Waals surface area (Å²) in [6.07, 6.45) is 6.31. The predicted molar refractivity (Wildman–Crippen MR) is 97.6 cm³/mol. The molecule has 0 radical (unpaired) electrons. The first-order chi connectivity index (χ1) is 12.3. The molecular formula is C17H21N7O2. The minimum absolute atomic E-state index is 0.196. The van der Waals surface area contributed by atoms with Crippen LogP contribution in [0.2, 0.25) is 0 Å². The van der Waals surface area contributed by atoms with E-state index in [1.54, 1.807) is 25.7 Å². The lowest BCUT2D eigenvalue weighted by molar-refractivity contribution is 0.102. The van der Waals surface area contributed by atoms with E-state index in [1.165, 1.54) is 6.33 Å². The lowest BCUT2D eigenvalue weighted by atomic mass is 10.1. The molecule has 0 spiro atoms. The Labute approximate surface area is 150 Å². The molecule has 0 unspecified atom stereocenters. The molecule has 0 aliphatic carbocycles. The maximum atomic E-state index is 12.8. The van der Waals surface area contributed by atoms with Crippen LogP contribution in [-0.2, 0) is 16.9 Å². The molecule has 9 nitrogen and oxygen atoms in total. The van der Waals surface area contributed by atoms with Gasteiger partial charge in [0, 0.05) is 36.8 Å². The first-order valence-corrected chi connectivity index (χ1v) is 8.04. The highest BCUT2D eigenvalue weighted by molar-refractivity contribution is 6.14. The van der Waals surface area contributed by atoms with Crippen LogP contribution in [0.1, 0.15) is 36.7 Å². The SMILES string of the molecule is COCc1cnc(NC(=O)c2cn(C(C)(C)C)c3ncnc(N)c23)nc1. The van der Waals surface area contributed by atoms with Crippen LogP contribution in [0.5, 0.6) is 0 Å². The summed E-state index contributed by atoms with van der Waals surface area (Å²) in [7, 11) is 1.59. The second kappa shape index (κ2) is 6.68. The summed E-state index contributed by atoms with van der Waals surface area (Å²) in [6, 6.07) is 0. The normalized spacial score (nSPS) is 11.7. The Morgan fingerprint density at radius 1 is 1.23 bits per heavy atom. The van der Waals surface area contributed by atoms with Crippen LogP contribution >= 0.6 is 0 Å². The van der Waals surface area contributed by atoms with E-state index < -0.39 is 0 Å². The van der Waals surface area contributed by atoms with Gasteiger partial charge in [0.1, 0.15) is 17.8 Å². The second-order valence-electron chi connectivity index (χ2n) is 6.84. The van der Waals surface area contributed by atoms with Gasteiger partial charge in [0.15, 0.2) is 0 Å².